The van der Waals surface area contributed by atoms with E-state index in [1.54, 1.807) is 31.4 Å². The molecule has 0 aliphatic heterocycles. The summed E-state index contributed by atoms with van der Waals surface area (Å²) in [5.74, 6) is 0.703. The summed E-state index contributed by atoms with van der Waals surface area (Å²) in [4.78, 5) is 14.0. The predicted molar refractivity (Wildman–Crippen MR) is 102 cm³/mol. The summed E-state index contributed by atoms with van der Waals surface area (Å²) < 4.78 is 12.5. The van der Waals surface area contributed by atoms with Crippen molar-refractivity contribution in [2.75, 3.05) is 7.11 Å². The van der Waals surface area contributed by atoms with Crippen LogP contribution in [-0.4, -0.2) is 22.9 Å². The number of carbonyl (C=O) groups excluding carboxylic acids is 1. The van der Waals surface area contributed by atoms with E-state index in [1.807, 2.05) is 48.0 Å². The maximum Gasteiger partial charge on any atom is 0.353 e. The van der Waals surface area contributed by atoms with Crippen molar-refractivity contribution in [2.24, 2.45) is 0 Å². The van der Waals surface area contributed by atoms with Gasteiger partial charge in [-0.3, -0.25) is 0 Å². The minimum absolute atomic E-state index is 0.390. The Kier molecular flexibility index (Phi) is 4.18. The van der Waals surface area contributed by atoms with Gasteiger partial charge in [0.2, 0.25) is 0 Å². The number of para-hydroxylation sites is 1. The fourth-order valence-corrected chi connectivity index (χ4v) is 3.77. The van der Waals surface area contributed by atoms with E-state index in [9.17, 15) is 4.79 Å². The van der Waals surface area contributed by atoms with Crippen LogP contribution in [0.2, 0.25) is 0 Å². The maximum atomic E-state index is 12.6. The summed E-state index contributed by atoms with van der Waals surface area (Å²) in [5, 5.41) is 5.54. The van der Waals surface area contributed by atoms with Gasteiger partial charge in [0.25, 0.3) is 0 Å². The lowest BCUT2D eigenvalue weighted by Gasteiger charge is -2.05. The third kappa shape index (κ3) is 2.95. The molecule has 0 aliphatic carbocycles. The van der Waals surface area contributed by atoms with Gasteiger partial charge in [0.15, 0.2) is 0 Å². The summed E-state index contributed by atoms with van der Waals surface area (Å²) >= 11 is 1.37. The van der Waals surface area contributed by atoms with Crippen LogP contribution in [0.5, 0.6) is 11.5 Å². The van der Waals surface area contributed by atoms with Crippen molar-refractivity contribution in [3.05, 3.63) is 71.2 Å². The number of thiophene rings is 1. The van der Waals surface area contributed by atoms with Gasteiger partial charge in [-0.05, 0) is 37.3 Å². The largest absolute Gasteiger partial charge is 0.497 e. The van der Waals surface area contributed by atoms with E-state index in [-0.39, 0.29) is 0 Å². The molecular weight excluding hydrogens is 348 g/mol. The first-order valence-electron chi connectivity index (χ1n) is 8.06. The average Bonchev–Trinajstić information content (AvgIpc) is 3.23. The number of aryl methyl sites for hydroxylation is 1. The Morgan fingerprint density at radius 3 is 2.58 bits per heavy atom. The van der Waals surface area contributed by atoms with Crippen LogP contribution in [0.4, 0.5) is 0 Å². The smallest absolute Gasteiger partial charge is 0.353 e. The third-order valence-corrected chi connectivity index (χ3v) is 5.09. The molecule has 0 bridgehead atoms. The van der Waals surface area contributed by atoms with Gasteiger partial charge < -0.3 is 9.47 Å². The van der Waals surface area contributed by atoms with Crippen molar-refractivity contribution in [1.29, 1.82) is 0 Å². The number of rotatable bonds is 4. The van der Waals surface area contributed by atoms with Crippen LogP contribution >= 0.6 is 11.3 Å². The van der Waals surface area contributed by atoms with E-state index in [0.717, 1.165) is 21.6 Å². The number of methoxy groups -OCH3 is 1. The lowest BCUT2D eigenvalue weighted by Crippen LogP contribution is -2.06. The zero-order valence-electron chi connectivity index (χ0n) is 14.3. The fraction of sp³-hybridized carbons (Fsp3) is 0.100. The van der Waals surface area contributed by atoms with Gasteiger partial charge in [-0.1, -0.05) is 24.3 Å². The Morgan fingerprint density at radius 2 is 1.81 bits per heavy atom. The highest BCUT2D eigenvalue weighted by molar-refractivity contribution is 7.20. The number of ether oxygens (including phenoxy) is 2. The molecule has 5 nitrogen and oxygen atoms in total. The number of fused-ring (bicyclic) bond motifs is 1. The SMILES string of the molecule is COc1cccc(OC(=O)c2cc3c(C)nn(-c4ccccc4)c3s2)c1. The molecule has 6 heteroatoms. The summed E-state index contributed by atoms with van der Waals surface area (Å²) in [6, 6.07) is 18.7. The van der Waals surface area contributed by atoms with Crippen molar-refractivity contribution in [1.82, 2.24) is 9.78 Å². The lowest BCUT2D eigenvalue weighted by atomic mass is 10.3. The van der Waals surface area contributed by atoms with Crippen molar-refractivity contribution in [3.8, 4) is 17.2 Å². The van der Waals surface area contributed by atoms with Crippen LogP contribution in [0, 0.1) is 6.92 Å². The first kappa shape index (κ1) is 16.4. The monoisotopic (exact) mass is 364 g/mol. The highest BCUT2D eigenvalue weighted by atomic mass is 32.1. The van der Waals surface area contributed by atoms with E-state index in [4.69, 9.17) is 9.47 Å². The number of nitrogens with zero attached hydrogens (tertiary/aromatic N) is 2. The van der Waals surface area contributed by atoms with Crippen LogP contribution < -0.4 is 9.47 Å². The summed E-state index contributed by atoms with van der Waals surface area (Å²) in [7, 11) is 1.57. The molecule has 4 aromatic rings. The number of hydrogen-bond donors (Lipinski definition) is 0. The molecule has 0 unspecified atom stereocenters. The van der Waals surface area contributed by atoms with Crippen LogP contribution in [0.15, 0.2) is 60.7 Å². The van der Waals surface area contributed by atoms with Crippen LogP contribution in [-0.2, 0) is 0 Å². The minimum atomic E-state index is -0.390. The second-order valence-electron chi connectivity index (χ2n) is 5.73. The zero-order chi connectivity index (χ0) is 18.1. The molecule has 2 aromatic carbocycles. The molecule has 0 saturated carbocycles. The van der Waals surface area contributed by atoms with Crippen LogP contribution in [0.3, 0.4) is 0 Å². The van der Waals surface area contributed by atoms with Gasteiger partial charge in [-0.2, -0.15) is 5.10 Å². The molecule has 0 radical (unpaired) electrons. The maximum absolute atomic E-state index is 12.6. The molecule has 0 amide bonds. The average molecular weight is 364 g/mol. The Bertz CT molecular complexity index is 1080. The minimum Gasteiger partial charge on any atom is -0.497 e. The number of benzene rings is 2. The Hall–Kier alpha value is -3.12. The molecular formula is C20H16N2O3S. The first-order valence-corrected chi connectivity index (χ1v) is 8.88. The van der Waals surface area contributed by atoms with Crippen molar-refractivity contribution in [2.45, 2.75) is 6.92 Å². The molecule has 130 valence electrons. The van der Waals surface area contributed by atoms with E-state index < -0.39 is 5.97 Å². The van der Waals surface area contributed by atoms with Gasteiger partial charge in [0.1, 0.15) is 21.2 Å². The Balaban J connectivity index is 1.68. The molecule has 0 saturated heterocycles. The van der Waals surface area contributed by atoms with Gasteiger partial charge in [0, 0.05) is 11.5 Å². The molecule has 26 heavy (non-hydrogen) atoms. The second-order valence-corrected chi connectivity index (χ2v) is 6.76. The molecule has 0 atom stereocenters. The summed E-state index contributed by atoms with van der Waals surface area (Å²) in [6.07, 6.45) is 0. The fourth-order valence-electron chi connectivity index (χ4n) is 2.71. The van der Waals surface area contributed by atoms with Crippen molar-refractivity contribution in [3.63, 3.8) is 0 Å². The van der Waals surface area contributed by atoms with Crippen LogP contribution in [0.1, 0.15) is 15.4 Å². The van der Waals surface area contributed by atoms with Crippen LogP contribution in [0.25, 0.3) is 15.9 Å². The molecule has 0 aliphatic rings. The highest BCUT2D eigenvalue weighted by Crippen LogP contribution is 2.31. The summed E-state index contributed by atoms with van der Waals surface area (Å²) in [6.45, 7) is 1.94. The molecule has 2 heterocycles. The predicted octanol–water partition coefficient (Wildman–Crippen LogP) is 4.62. The number of carbonyl (C=O) groups is 1. The van der Waals surface area contributed by atoms with Crippen molar-refractivity contribution >= 4 is 27.5 Å². The molecule has 0 fully saturated rings. The second kappa shape index (κ2) is 6.65. The normalized spacial score (nSPS) is 10.8. The van der Waals surface area contributed by atoms with Gasteiger partial charge in [-0.15, -0.1) is 11.3 Å². The van der Waals surface area contributed by atoms with E-state index in [0.29, 0.717) is 16.4 Å². The van der Waals surface area contributed by atoms with E-state index >= 15 is 0 Å². The van der Waals surface area contributed by atoms with Gasteiger partial charge >= 0.3 is 5.97 Å². The van der Waals surface area contributed by atoms with Crippen molar-refractivity contribution < 1.29 is 14.3 Å². The Morgan fingerprint density at radius 1 is 1.04 bits per heavy atom. The molecule has 4 rings (SSSR count). The summed E-state index contributed by atoms with van der Waals surface area (Å²) in [5.41, 5.74) is 1.83. The quantitative estimate of drug-likeness (QED) is 0.392. The lowest BCUT2D eigenvalue weighted by molar-refractivity contribution is 0.0739. The zero-order valence-corrected chi connectivity index (χ0v) is 15.1. The Labute approximate surface area is 154 Å². The standard InChI is InChI=1S/C20H16N2O3S/c1-13-17-12-18(20(23)25-16-10-6-9-15(11-16)24-2)26-19(17)22(21-13)14-7-4-3-5-8-14/h3-12H,1-2H3. The topological polar surface area (TPSA) is 53.4 Å². The third-order valence-electron chi connectivity index (χ3n) is 4.00. The molecule has 2 aromatic heterocycles. The molecule has 0 N–H and O–H groups in total. The molecule has 0 spiro atoms. The highest BCUT2D eigenvalue weighted by Gasteiger charge is 2.18. The first-order chi connectivity index (χ1) is 12.7. The number of aromatic nitrogens is 2. The number of esters is 1. The van der Waals surface area contributed by atoms with Gasteiger partial charge in [0.05, 0.1) is 18.5 Å². The van der Waals surface area contributed by atoms with E-state index in [1.165, 1.54) is 11.3 Å². The van der Waals surface area contributed by atoms with E-state index in [2.05, 4.69) is 5.10 Å². The number of hydrogen-bond acceptors (Lipinski definition) is 5. The van der Waals surface area contributed by atoms with Gasteiger partial charge in [-0.25, -0.2) is 9.48 Å².